The smallest absolute Gasteiger partial charge is 0.257 e. The van der Waals surface area contributed by atoms with E-state index < -0.39 is 0 Å². The van der Waals surface area contributed by atoms with Crippen molar-refractivity contribution in [1.29, 1.82) is 0 Å². The zero-order valence-corrected chi connectivity index (χ0v) is 28.2. The van der Waals surface area contributed by atoms with Crippen LogP contribution in [0.3, 0.4) is 0 Å². The fraction of sp³-hybridized carbons (Fsp3) is 0.289. The number of carbonyl (C=O) groups is 1. The Labute approximate surface area is 290 Å². The van der Waals surface area contributed by atoms with Gasteiger partial charge in [-0.05, 0) is 85.4 Å². The zero-order chi connectivity index (χ0) is 34.1. The first-order valence-corrected chi connectivity index (χ1v) is 17.6. The Morgan fingerprint density at radius 1 is 1.06 bits per heavy atom. The van der Waals surface area contributed by atoms with E-state index in [9.17, 15) is 13.6 Å². The third-order valence-electron chi connectivity index (χ3n) is 10.1. The molecule has 1 saturated heterocycles. The minimum absolute atomic E-state index is 0.0446. The summed E-state index contributed by atoms with van der Waals surface area (Å²) < 4.78 is 41.0. The second kappa shape index (κ2) is 12.0. The number of nitrogens with one attached hydrogen (secondary N) is 1. The summed E-state index contributed by atoms with van der Waals surface area (Å²) in [6.45, 7) is 2.41. The minimum atomic E-state index is -0.363. The molecule has 50 heavy (non-hydrogen) atoms. The van der Waals surface area contributed by atoms with E-state index >= 15 is 0 Å². The summed E-state index contributed by atoms with van der Waals surface area (Å²) >= 11 is 1.54. The van der Waals surface area contributed by atoms with Gasteiger partial charge in [-0.25, -0.2) is 13.8 Å². The maximum atomic E-state index is 14.5. The molecule has 0 radical (unpaired) electrons. The molecular weight excluding hydrogens is 659 g/mol. The molecule has 9 nitrogen and oxygen atoms in total. The minimum Gasteiger partial charge on any atom is -0.493 e. The van der Waals surface area contributed by atoms with Crippen LogP contribution in [0.25, 0.3) is 32.0 Å². The number of pyridine rings is 2. The van der Waals surface area contributed by atoms with Gasteiger partial charge in [0, 0.05) is 35.7 Å². The average Bonchev–Trinajstić information content (AvgIpc) is 3.95. The lowest BCUT2D eigenvalue weighted by molar-refractivity contribution is 0.0776. The van der Waals surface area contributed by atoms with Crippen molar-refractivity contribution in [3.05, 3.63) is 106 Å². The van der Waals surface area contributed by atoms with E-state index in [2.05, 4.69) is 21.6 Å². The van der Waals surface area contributed by atoms with Crippen LogP contribution in [0.4, 0.5) is 14.6 Å². The Balaban J connectivity index is 1.20. The highest BCUT2D eigenvalue weighted by Gasteiger charge is 2.45. The molecule has 2 aromatic carbocycles. The number of amides is 1. The Morgan fingerprint density at radius 2 is 1.96 bits per heavy atom. The Kier molecular flexibility index (Phi) is 7.38. The highest BCUT2D eigenvalue weighted by Crippen LogP contribution is 2.51. The number of rotatable bonds is 8. The van der Waals surface area contributed by atoms with Crippen LogP contribution in [0.5, 0.6) is 5.75 Å². The fourth-order valence-corrected chi connectivity index (χ4v) is 9.09. The third-order valence-corrected chi connectivity index (χ3v) is 11.3. The van der Waals surface area contributed by atoms with Gasteiger partial charge < -0.3 is 19.4 Å². The molecule has 252 valence electrons. The SMILES string of the molecule is COc1c(F)ccc2c1CCC2Nc1nccc2cc(-c3c4c(nc(CCc5cccc(F)c5)c3-c3nnc(C)o3)[C@H]3CCCN3C4=O)sc12. The molecule has 1 amide bonds. The maximum absolute atomic E-state index is 14.5. The molecule has 1 N–H and O–H groups in total. The molecule has 6 aromatic rings. The topological polar surface area (TPSA) is 106 Å². The number of nitrogens with zero attached hydrogens (tertiary/aromatic N) is 5. The first kappa shape index (κ1) is 30.8. The number of benzene rings is 2. The largest absolute Gasteiger partial charge is 0.493 e. The van der Waals surface area contributed by atoms with E-state index in [-0.39, 0.29) is 29.6 Å². The second-order valence-corrected chi connectivity index (χ2v) is 14.1. The lowest BCUT2D eigenvalue weighted by Crippen LogP contribution is -2.22. The molecule has 2 atom stereocenters. The summed E-state index contributed by atoms with van der Waals surface area (Å²) in [4.78, 5) is 26.9. The van der Waals surface area contributed by atoms with E-state index in [1.54, 1.807) is 30.5 Å². The molecule has 0 spiro atoms. The molecule has 4 aromatic heterocycles. The fourth-order valence-electron chi connectivity index (χ4n) is 7.93. The van der Waals surface area contributed by atoms with Crippen molar-refractivity contribution in [2.75, 3.05) is 19.0 Å². The monoisotopic (exact) mass is 690 g/mol. The van der Waals surface area contributed by atoms with E-state index in [1.165, 1.54) is 25.3 Å². The number of thiophene rings is 1. The maximum Gasteiger partial charge on any atom is 0.257 e. The van der Waals surface area contributed by atoms with Crippen molar-refractivity contribution in [1.82, 2.24) is 25.1 Å². The Morgan fingerprint density at radius 3 is 2.78 bits per heavy atom. The van der Waals surface area contributed by atoms with Crippen LogP contribution in [0.1, 0.15) is 75.7 Å². The number of methoxy groups -OCH3 is 1. The number of hydrogen-bond acceptors (Lipinski definition) is 9. The normalized spacial score (nSPS) is 17.8. The van der Waals surface area contributed by atoms with Gasteiger partial charge in [-0.1, -0.05) is 18.2 Å². The van der Waals surface area contributed by atoms with Crippen LogP contribution in [0.2, 0.25) is 0 Å². The zero-order valence-electron chi connectivity index (χ0n) is 27.4. The molecule has 6 heterocycles. The third kappa shape index (κ3) is 4.95. The van der Waals surface area contributed by atoms with Gasteiger partial charge >= 0.3 is 0 Å². The number of halogens is 2. The molecule has 9 rings (SSSR count). The summed E-state index contributed by atoms with van der Waals surface area (Å²) in [5, 5.41) is 13.2. The summed E-state index contributed by atoms with van der Waals surface area (Å²) in [6, 6.07) is 13.7. The highest BCUT2D eigenvalue weighted by atomic mass is 32.1. The quantitative estimate of drug-likeness (QED) is 0.171. The van der Waals surface area contributed by atoms with Crippen LogP contribution in [-0.2, 0) is 19.3 Å². The predicted molar refractivity (Wildman–Crippen MR) is 185 cm³/mol. The van der Waals surface area contributed by atoms with E-state index in [0.29, 0.717) is 60.3 Å². The van der Waals surface area contributed by atoms with Crippen LogP contribution in [-0.4, -0.2) is 44.6 Å². The molecule has 3 aliphatic rings. The Hall–Kier alpha value is -5.23. The van der Waals surface area contributed by atoms with Gasteiger partial charge in [-0.15, -0.1) is 21.5 Å². The number of hydrogen-bond donors (Lipinski definition) is 1. The summed E-state index contributed by atoms with van der Waals surface area (Å²) in [6.07, 6.45) is 6.00. The number of carbonyl (C=O) groups excluding carboxylic acids is 1. The number of anilines is 1. The molecule has 12 heteroatoms. The molecule has 1 aliphatic carbocycles. The molecule has 0 saturated carbocycles. The van der Waals surface area contributed by atoms with Gasteiger partial charge in [-0.3, -0.25) is 9.78 Å². The van der Waals surface area contributed by atoms with E-state index in [1.807, 2.05) is 23.1 Å². The van der Waals surface area contributed by atoms with Crippen LogP contribution >= 0.6 is 11.3 Å². The Bertz CT molecular complexity index is 2340. The summed E-state index contributed by atoms with van der Waals surface area (Å²) in [5.41, 5.74) is 6.14. The van der Waals surface area contributed by atoms with Crippen molar-refractivity contribution in [2.24, 2.45) is 0 Å². The van der Waals surface area contributed by atoms with E-state index in [0.717, 1.165) is 67.9 Å². The highest BCUT2D eigenvalue weighted by molar-refractivity contribution is 7.23. The van der Waals surface area contributed by atoms with Gasteiger partial charge in [0.05, 0.1) is 46.4 Å². The lowest BCUT2D eigenvalue weighted by atomic mass is 9.93. The van der Waals surface area contributed by atoms with Crippen molar-refractivity contribution >= 4 is 33.1 Å². The van der Waals surface area contributed by atoms with Gasteiger partial charge in [0.1, 0.15) is 11.6 Å². The van der Waals surface area contributed by atoms with Crippen molar-refractivity contribution in [2.45, 2.75) is 57.5 Å². The average molecular weight is 691 g/mol. The van der Waals surface area contributed by atoms with Gasteiger partial charge in [0.25, 0.3) is 5.91 Å². The standard InChI is InChI=1S/C38H32F2N6O3S/c1-19-44-45-37(49-19)30-27(12-8-20-5-3-6-22(39)17-20)42-33-28-7-4-16-46(28)38(47)32(33)31(30)29-18-21-14-15-41-36(35(21)50-29)43-26-13-10-24-23(26)9-11-25(40)34(24)48-2/h3,5-6,9,11,14-15,17-18,26,28H,4,7-8,10,12-13,16H2,1-2H3,(H,41,43)/t26?,28-/m1/s1. The van der Waals surface area contributed by atoms with Gasteiger partial charge in [0.2, 0.25) is 11.8 Å². The first-order valence-electron chi connectivity index (χ1n) is 16.8. The lowest BCUT2D eigenvalue weighted by Gasteiger charge is -2.16. The molecule has 2 aliphatic heterocycles. The second-order valence-electron chi connectivity index (χ2n) is 13.1. The van der Waals surface area contributed by atoms with Crippen LogP contribution in [0.15, 0.2) is 59.1 Å². The molecule has 0 bridgehead atoms. The van der Waals surface area contributed by atoms with Crippen molar-refractivity contribution in [3.63, 3.8) is 0 Å². The predicted octanol–water partition coefficient (Wildman–Crippen LogP) is 8.18. The first-order chi connectivity index (χ1) is 24.4. The summed E-state index contributed by atoms with van der Waals surface area (Å²) in [5.74, 6) is 0.994. The number of aromatic nitrogens is 4. The van der Waals surface area contributed by atoms with Crippen molar-refractivity contribution in [3.8, 4) is 27.6 Å². The van der Waals surface area contributed by atoms with Crippen LogP contribution in [0, 0.1) is 18.6 Å². The number of ether oxygens (including phenoxy) is 1. The summed E-state index contributed by atoms with van der Waals surface area (Å²) in [7, 11) is 1.50. The number of aryl methyl sites for hydroxylation is 3. The molecular formula is C38H32F2N6O3S. The number of fused-ring (bicyclic) bond motifs is 5. The van der Waals surface area contributed by atoms with Crippen LogP contribution < -0.4 is 10.1 Å². The van der Waals surface area contributed by atoms with E-state index in [4.69, 9.17) is 19.1 Å². The van der Waals surface area contributed by atoms with Gasteiger partial charge in [-0.2, -0.15) is 0 Å². The molecule has 1 unspecified atom stereocenters. The van der Waals surface area contributed by atoms with Crippen molar-refractivity contribution < 1.29 is 22.7 Å². The molecule has 1 fully saturated rings. The van der Waals surface area contributed by atoms with Gasteiger partial charge in [0.15, 0.2) is 11.6 Å².